The summed E-state index contributed by atoms with van der Waals surface area (Å²) in [6.07, 6.45) is 9.17. The second kappa shape index (κ2) is 9.35. The van der Waals surface area contributed by atoms with Crippen molar-refractivity contribution in [3.05, 3.63) is 29.8 Å². The molecule has 1 atom stereocenters. The number of benzene rings is 1. The van der Waals surface area contributed by atoms with E-state index in [-0.39, 0.29) is 0 Å². The van der Waals surface area contributed by atoms with Gasteiger partial charge in [0.25, 0.3) is 0 Å². The molecular weight excluding hydrogens is 318 g/mol. The minimum atomic E-state index is -1.61. The number of rotatable bonds is 10. The Morgan fingerprint density at radius 3 is 2.24 bits per heavy atom. The van der Waals surface area contributed by atoms with E-state index in [0.717, 1.165) is 19.3 Å². The van der Waals surface area contributed by atoms with E-state index in [2.05, 4.69) is 6.92 Å². The number of carbonyl (C=O) groups excluding carboxylic acids is 2. The van der Waals surface area contributed by atoms with Crippen molar-refractivity contribution in [1.29, 1.82) is 0 Å². The Morgan fingerprint density at radius 2 is 1.60 bits per heavy atom. The van der Waals surface area contributed by atoms with Crippen LogP contribution in [0.2, 0.25) is 0 Å². The van der Waals surface area contributed by atoms with Crippen molar-refractivity contribution in [2.45, 2.75) is 58.3 Å². The third-order valence-electron chi connectivity index (χ3n) is 4.72. The molecule has 1 heterocycles. The molecule has 1 aliphatic heterocycles. The molecule has 1 N–H and O–H groups in total. The van der Waals surface area contributed by atoms with E-state index in [1.807, 2.05) is 0 Å². The van der Waals surface area contributed by atoms with Crippen molar-refractivity contribution in [3.63, 3.8) is 0 Å². The molecule has 2 rings (SSSR count). The fourth-order valence-corrected chi connectivity index (χ4v) is 3.31. The van der Waals surface area contributed by atoms with Crippen LogP contribution in [0.5, 0.6) is 0 Å². The van der Waals surface area contributed by atoms with Crippen LogP contribution >= 0.6 is 0 Å². The van der Waals surface area contributed by atoms with Gasteiger partial charge in [-0.25, -0.2) is 0 Å². The first-order chi connectivity index (χ1) is 12.1. The topological polar surface area (TPSA) is 74.7 Å². The predicted octanol–water partition coefficient (Wildman–Crippen LogP) is 4.06. The van der Waals surface area contributed by atoms with Crippen molar-refractivity contribution >= 4 is 23.3 Å². The molecule has 0 fully saturated rings. The Bertz CT molecular complexity index is 626. The highest BCUT2D eigenvalue weighted by molar-refractivity contribution is 6.30. The van der Waals surface area contributed by atoms with E-state index < -0.39 is 23.6 Å². The van der Waals surface area contributed by atoms with Gasteiger partial charge < -0.3 is 10.0 Å². The number of hydrogen-bond donors (Lipinski definition) is 1. The summed E-state index contributed by atoms with van der Waals surface area (Å²) in [5, 5.41) is 9.27. The molecule has 0 unspecified atom stereocenters. The SMILES string of the molecule is CCCCCCCCCCN1C(=O)[C@@H](C(=O)O)C(=O)c2ccccc21. The summed E-state index contributed by atoms with van der Waals surface area (Å²) >= 11 is 0. The number of Topliss-reactive ketones (excluding diaryl/α,β-unsaturated/α-hetero) is 1. The molecule has 5 nitrogen and oxygen atoms in total. The molecule has 1 aromatic carbocycles. The van der Waals surface area contributed by atoms with Crippen LogP contribution in [-0.2, 0) is 9.59 Å². The van der Waals surface area contributed by atoms with Gasteiger partial charge in [-0.2, -0.15) is 0 Å². The fraction of sp³-hybridized carbons (Fsp3) is 0.550. The lowest BCUT2D eigenvalue weighted by molar-refractivity contribution is -0.144. The number of fused-ring (bicyclic) bond motifs is 1. The van der Waals surface area contributed by atoms with Crippen LogP contribution in [0.4, 0.5) is 5.69 Å². The number of aliphatic carboxylic acids is 1. The molecule has 1 aromatic rings. The summed E-state index contributed by atoms with van der Waals surface area (Å²) in [6.45, 7) is 2.66. The average Bonchev–Trinajstić information content (AvgIpc) is 2.59. The first-order valence-corrected chi connectivity index (χ1v) is 9.25. The number of anilines is 1. The van der Waals surface area contributed by atoms with Gasteiger partial charge in [-0.1, -0.05) is 64.0 Å². The number of nitrogens with zero attached hydrogens (tertiary/aromatic N) is 1. The summed E-state index contributed by atoms with van der Waals surface area (Å²) in [7, 11) is 0. The molecule has 0 aromatic heterocycles. The highest BCUT2D eigenvalue weighted by Gasteiger charge is 2.43. The Labute approximate surface area is 149 Å². The number of hydrogen-bond acceptors (Lipinski definition) is 3. The zero-order chi connectivity index (χ0) is 18.2. The van der Waals surface area contributed by atoms with Gasteiger partial charge in [0, 0.05) is 12.1 Å². The minimum Gasteiger partial charge on any atom is -0.480 e. The Morgan fingerprint density at radius 1 is 1.00 bits per heavy atom. The van der Waals surface area contributed by atoms with Crippen LogP contribution in [-0.4, -0.2) is 29.3 Å². The highest BCUT2D eigenvalue weighted by atomic mass is 16.4. The number of carboxylic acids is 1. The molecule has 1 amide bonds. The lowest BCUT2D eigenvalue weighted by Gasteiger charge is -2.31. The van der Waals surface area contributed by atoms with E-state index in [9.17, 15) is 19.5 Å². The number of unbranched alkanes of at least 4 members (excludes halogenated alkanes) is 7. The number of carbonyl (C=O) groups is 3. The summed E-state index contributed by atoms with van der Waals surface area (Å²) in [5.41, 5.74) is 0.868. The zero-order valence-electron chi connectivity index (χ0n) is 14.9. The summed E-state index contributed by atoms with van der Waals surface area (Å²) in [4.78, 5) is 37.6. The van der Waals surface area contributed by atoms with Gasteiger partial charge in [0.15, 0.2) is 11.7 Å². The van der Waals surface area contributed by atoms with Crippen LogP contribution in [0.3, 0.4) is 0 Å². The second-order valence-electron chi connectivity index (χ2n) is 6.62. The van der Waals surface area contributed by atoms with Crippen molar-refractivity contribution in [3.8, 4) is 0 Å². The van der Waals surface area contributed by atoms with Crippen molar-refractivity contribution < 1.29 is 19.5 Å². The van der Waals surface area contributed by atoms with Crippen LogP contribution in [0, 0.1) is 5.92 Å². The Kier molecular flexibility index (Phi) is 7.16. The molecule has 0 saturated heterocycles. The summed E-state index contributed by atoms with van der Waals surface area (Å²) in [5.74, 6) is -4.20. The largest absolute Gasteiger partial charge is 0.480 e. The molecule has 1 aliphatic rings. The van der Waals surface area contributed by atoms with E-state index in [0.29, 0.717) is 17.8 Å². The van der Waals surface area contributed by atoms with E-state index in [4.69, 9.17) is 0 Å². The van der Waals surface area contributed by atoms with Gasteiger partial charge in [0.2, 0.25) is 5.91 Å². The number of amides is 1. The molecular formula is C20H27NO4. The van der Waals surface area contributed by atoms with Crippen LogP contribution in [0.1, 0.15) is 68.6 Å². The highest BCUT2D eigenvalue weighted by Crippen LogP contribution is 2.31. The van der Waals surface area contributed by atoms with E-state index in [1.165, 1.54) is 37.0 Å². The molecule has 0 aliphatic carbocycles. The van der Waals surface area contributed by atoms with E-state index in [1.54, 1.807) is 24.3 Å². The summed E-state index contributed by atoms with van der Waals surface area (Å²) < 4.78 is 0. The molecule has 25 heavy (non-hydrogen) atoms. The second-order valence-corrected chi connectivity index (χ2v) is 6.62. The standard InChI is InChI=1S/C20H27NO4/c1-2-3-4-5-6-7-8-11-14-21-16-13-10-9-12-15(16)18(22)17(19(21)23)20(24)25/h9-10,12-13,17H,2-8,11,14H2,1H3,(H,24,25)/t17-/m0/s1. The maximum absolute atomic E-state index is 12.5. The monoisotopic (exact) mass is 345 g/mol. The minimum absolute atomic E-state index is 0.328. The number of carboxylic acid groups (broad SMARTS) is 1. The van der Waals surface area contributed by atoms with Crippen LogP contribution < -0.4 is 4.90 Å². The average molecular weight is 345 g/mol. The molecule has 0 radical (unpaired) electrons. The first-order valence-electron chi connectivity index (χ1n) is 9.25. The maximum atomic E-state index is 12.5. The summed E-state index contributed by atoms with van der Waals surface area (Å²) in [6, 6.07) is 6.77. The van der Waals surface area contributed by atoms with Gasteiger partial charge in [0.1, 0.15) is 0 Å². The van der Waals surface area contributed by atoms with Crippen molar-refractivity contribution in [2.75, 3.05) is 11.4 Å². The van der Waals surface area contributed by atoms with Gasteiger partial charge in [0.05, 0.1) is 5.69 Å². The molecule has 0 saturated carbocycles. The smallest absolute Gasteiger partial charge is 0.324 e. The number of ketones is 1. The van der Waals surface area contributed by atoms with Gasteiger partial charge in [-0.3, -0.25) is 14.4 Å². The van der Waals surface area contributed by atoms with Crippen molar-refractivity contribution in [1.82, 2.24) is 0 Å². The first kappa shape index (κ1) is 19.2. The van der Waals surface area contributed by atoms with Crippen molar-refractivity contribution in [2.24, 2.45) is 5.92 Å². The molecule has 5 heteroatoms. The van der Waals surface area contributed by atoms with Gasteiger partial charge in [-0.05, 0) is 18.6 Å². The van der Waals surface area contributed by atoms with E-state index >= 15 is 0 Å². The normalized spacial score (nSPS) is 16.8. The molecule has 0 bridgehead atoms. The Balaban J connectivity index is 1.94. The number of para-hydroxylation sites is 1. The van der Waals surface area contributed by atoms with Gasteiger partial charge in [-0.15, -0.1) is 0 Å². The third-order valence-corrected chi connectivity index (χ3v) is 4.72. The van der Waals surface area contributed by atoms with Gasteiger partial charge >= 0.3 is 5.97 Å². The maximum Gasteiger partial charge on any atom is 0.324 e. The predicted molar refractivity (Wildman–Crippen MR) is 96.9 cm³/mol. The quantitative estimate of drug-likeness (QED) is 0.512. The van der Waals surface area contributed by atoms with Crippen LogP contribution in [0.25, 0.3) is 0 Å². The fourth-order valence-electron chi connectivity index (χ4n) is 3.31. The Hall–Kier alpha value is -2.17. The lowest BCUT2D eigenvalue weighted by Crippen LogP contribution is -2.48. The zero-order valence-corrected chi connectivity index (χ0v) is 14.9. The van der Waals surface area contributed by atoms with Crippen LogP contribution in [0.15, 0.2) is 24.3 Å². The third kappa shape index (κ3) is 4.68. The molecule has 0 spiro atoms. The lowest BCUT2D eigenvalue weighted by atomic mass is 9.90. The molecule has 136 valence electrons.